The molecule has 30 heavy (non-hydrogen) atoms. The van der Waals surface area contributed by atoms with E-state index in [1.165, 1.54) is 43.3 Å². The predicted octanol–water partition coefficient (Wildman–Crippen LogP) is 2.45. The molecule has 2 rings (SSSR count). The summed E-state index contributed by atoms with van der Waals surface area (Å²) >= 11 is 0. The first-order valence-corrected chi connectivity index (χ1v) is 10.2. The lowest BCUT2D eigenvalue weighted by atomic mass is 10.2. The van der Waals surface area contributed by atoms with Crippen molar-refractivity contribution < 1.29 is 32.4 Å². The van der Waals surface area contributed by atoms with Crippen LogP contribution in [0.2, 0.25) is 0 Å². The molecular formula is C19H20N2O8S. The Balaban J connectivity index is 2.53. The molecule has 0 bridgehead atoms. The third-order valence-electron chi connectivity index (χ3n) is 4.13. The highest BCUT2D eigenvalue weighted by Gasteiger charge is 2.29. The summed E-state index contributed by atoms with van der Waals surface area (Å²) in [6.07, 6.45) is 0. The van der Waals surface area contributed by atoms with E-state index in [1.807, 2.05) is 0 Å². The number of nitro benzene ring substituents is 1. The molecule has 10 nitrogen and oxygen atoms in total. The Morgan fingerprint density at radius 3 is 2.30 bits per heavy atom. The molecule has 160 valence electrons. The Morgan fingerprint density at radius 1 is 1.13 bits per heavy atom. The first kappa shape index (κ1) is 22.8. The number of carbonyl (C=O) groups excluding carboxylic acids is 2. The van der Waals surface area contributed by atoms with E-state index in [-0.39, 0.29) is 34.0 Å². The second kappa shape index (κ2) is 9.35. The molecule has 0 spiro atoms. The predicted molar refractivity (Wildman–Crippen MR) is 107 cm³/mol. The summed E-state index contributed by atoms with van der Waals surface area (Å²) in [5.74, 6) is -1.42. The molecule has 0 fully saturated rings. The standard InChI is InChI=1S/C19H20N2O8S/c1-4-29-19(23)14-6-8-15(9-7-14)20(12-18(22)28-3)30(26,27)16-10-5-13(2)17(11-16)21(24)25/h5-11H,4,12H2,1-3H3. The highest BCUT2D eigenvalue weighted by Crippen LogP contribution is 2.28. The number of carbonyl (C=O) groups is 2. The number of sulfonamides is 1. The zero-order valence-corrected chi connectivity index (χ0v) is 17.3. The number of hydrogen-bond donors (Lipinski definition) is 0. The Morgan fingerprint density at radius 2 is 1.77 bits per heavy atom. The fourth-order valence-electron chi connectivity index (χ4n) is 2.55. The van der Waals surface area contributed by atoms with E-state index in [2.05, 4.69) is 4.74 Å². The van der Waals surface area contributed by atoms with E-state index < -0.39 is 33.4 Å². The summed E-state index contributed by atoms with van der Waals surface area (Å²) in [5, 5.41) is 11.2. The van der Waals surface area contributed by atoms with Crippen LogP contribution in [0.4, 0.5) is 11.4 Å². The Labute approximate surface area is 173 Å². The van der Waals surface area contributed by atoms with Gasteiger partial charge in [0.1, 0.15) is 6.54 Å². The van der Waals surface area contributed by atoms with Crippen LogP contribution in [0, 0.1) is 17.0 Å². The Hall–Kier alpha value is -3.47. The second-order valence-electron chi connectivity index (χ2n) is 6.06. The van der Waals surface area contributed by atoms with Crippen molar-refractivity contribution in [2.24, 2.45) is 0 Å². The van der Waals surface area contributed by atoms with Crippen LogP contribution in [0.1, 0.15) is 22.8 Å². The minimum atomic E-state index is -4.36. The van der Waals surface area contributed by atoms with Crippen LogP contribution in [-0.4, -0.2) is 45.5 Å². The molecule has 0 aliphatic heterocycles. The van der Waals surface area contributed by atoms with Crippen molar-refractivity contribution >= 4 is 33.3 Å². The fraction of sp³-hybridized carbons (Fsp3) is 0.263. The molecule has 0 unspecified atom stereocenters. The summed E-state index contributed by atoms with van der Waals surface area (Å²) in [5.41, 5.74) is 0.183. The van der Waals surface area contributed by atoms with Crippen molar-refractivity contribution in [3.05, 3.63) is 63.7 Å². The molecule has 0 aliphatic carbocycles. The van der Waals surface area contributed by atoms with Crippen LogP contribution in [0.3, 0.4) is 0 Å². The van der Waals surface area contributed by atoms with Gasteiger partial charge in [-0.1, -0.05) is 6.07 Å². The maximum Gasteiger partial charge on any atom is 0.338 e. The average Bonchev–Trinajstić information content (AvgIpc) is 2.71. The second-order valence-corrected chi connectivity index (χ2v) is 7.92. The van der Waals surface area contributed by atoms with Gasteiger partial charge in [-0.15, -0.1) is 0 Å². The van der Waals surface area contributed by atoms with E-state index in [9.17, 15) is 28.1 Å². The van der Waals surface area contributed by atoms with Crippen molar-refractivity contribution in [1.82, 2.24) is 0 Å². The topological polar surface area (TPSA) is 133 Å². The maximum absolute atomic E-state index is 13.2. The first-order chi connectivity index (χ1) is 14.1. The van der Waals surface area contributed by atoms with E-state index in [0.29, 0.717) is 0 Å². The van der Waals surface area contributed by atoms with Gasteiger partial charge in [0.2, 0.25) is 0 Å². The number of aryl methyl sites for hydroxylation is 1. The van der Waals surface area contributed by atoms with Gasteiger partial charge >= 0.3 is 11.9 Å². The Kier molecular flexibility index (Phi) is 7.11. The normalized spacial score (nSPS) is 10.9. The van der Waals surface area contributed by atoms with Crippen LogP contribution in [0.25, 0.3) is 0 Å². The van der Waals surface area contributed by atoms with Crippen molar-refractivity contribution in [3.63, 3.8) is 0 Å². The molecule has 0 N–H and O–H groups in total. The third kappa shape index (κ3) is 4.92. The van der Waals surface area contributed by atoms with E-state index >= 15 is 0 Å². The zero-order chi connectivity index (χ0) is 22.5. The molecule has 0 amide bonds. The minimum Gasteiger partial charge on any atom is -0.468 e. The van der Waals surface area contributed by atoms with Crippen LogP contribution in [0.5, 0.6) is 0 Å². The molecule has 0 radical (unpaired) electrons. The number of ether oxygens (including phenoxy) is 2. The number of hydrogen-bond acceptors (Lipinski definition) is 8. The molecule has 11 heteroatoms. The zero-order valence-electron chi connectivity index (χ0n) is 16.5. The van der Waals surface area contributed by atoms with E-state index in [4.69, 9.17) is 4.74 Å². The van der Waals surface area contributed by atoms with Crippen molar-refractivity contribution in [2.45, 2.75) is 18.7 Å². The summed E-state index contributed by atoms with van der Waals surface area (Å²) in [6.45, 7) is 2.64. The summed E-state index contributed by atoms with van der Waals surface area (Å²) in [6, 6.07) is 8.82. The van der Waals surface area contributed by atoms with Gasteiger partial charge in [0.15, 0.2) is 0 Å². The monoisotopic (exact) mass is 436 g/mol. The van der Waals surface area contributed by atoms with Gasteiger partial charge in [0.05, 0.1) is 34.8 Å². The number of benzene rings is 2. The molecule has 0 heterocycles. The van der Waals surface area contributed by atoms with E-state index in [1.54, 1.807) is 6.92 Å². The summed E-state index contributed by atoms with van der Waals surface area (Å²) < 4.78 is 36.6. The van der Waals surface area contributed by atoms with Crippen molar-refractivity contribution in [3.8, 4) is 0 Å². The van der Waals surface area contributed by atoms with Crippen LogP contribution in [-0.2, 0) is 24.3 Å². The number of methoxy groups -OCH3 is 1. The van der Waals surface area contributed by atoms with Crippen molar-refractivity contribution in [1.29, 1.82) is 0 Å². The van der Waals surface area contributed by atoms with Gasteiger partial charge in [0.25, 0.3) is 15.7 Å². The van der Waals surface area contributed by atoms with Gasteiger partial charge in [-0.25, -0.2) is 13.2 Å². The molecule has 0 aromatic heterocycles. The van der Waals surface area contributed by atoms with Gasteiger partial charge < -0.3 is 9.47 Å². The summed E-state index contributed by atoms with van der Waals surface area (Å²) in [4.78, 5) is 33.8. The fourth-order valence-corrected chi connectivity index (χ4v) is 3.98. The quantitative estimate of drug-likeness (QED) is 0.350. The highest BCUT2D eigenvalue weighted by molar-refractivity contribution is 7.92. The molecule has 2 aromatic carbocycles. The average molecular weight is 436 g/mol. The molecular weight excluding hydrogens is 416 g/mol. The van der Waals surface area contributed by atoms with Gasteiger partial charge in [-0.05, 0) is 44.2 Å². The Bertz CT molecular complexity index is 1060. The number of nitrogens with zero attached hydrogens (tertiary/aromatic N) is 2. The highest BCUT2D eigenvalue weighted by atomic mass is 32.2. The maximum atomic E-state index is 13.2. The molecule has 0 saturated heterocycles. The van der Waals surface area contributed by atoms with Crippen LogP contribution < -0.4 is 4.31 Å². The lowest BCUT2D eigenvalue weighted by Gasteiger charge is -2.23. The number of nitro groups is 1. The van der Waals surface area contributed by atoms with E-state index in [0.717, 1.165) is 17.5 Å². The lowest BCUT2D eigenvalue weighted by molar-refractivity contribution is -0.385. The molecule has 0 atom stereocenters. The third-order valence-corrected chi connectivity index (χ3v) is 5.90. The number of esters is 2. The number of anilines is 1. The molecule has 2 aromatic rings. The molecule has 0 saturated carbocycles. The smallest absolute Gasteiger partial charge is 0.338 e. The number of rotatable bonds is 8. The van der Waals surface area contributed by atoms with Gasteiger partial charge in [-0.3, -0.25) is 19.2 Å². The largest absolute Gasteiger partial charge is 0.468 e. The van der Waals surface area contributed by atoms with Gasteiger partial charge in [0, 0.05) is 11.6 Å². The molecule has 0 aliphatic rings. The first-order valence-electron chi connectivity index (χ1n) is 8.73. The summed E-state index contributed by atoms with van der Waals surface area (Å²) in [7, 11) is -3.26. The van der Waals surface area contributed by atoms with Crippen molar-refractivity contribution in [2.75, 3.05) is 24.6 Å². The lowest BCUT2D eigenvalue weighted by Crippen LogP contribution is -2.36. The van der Waals surface area contributed by atoms with Crippen LogP contribution in [0.15, 0.2) is 47.4 Å². The SMILES string of the molecule is CCOC(=O)c1ccc(N(CC(=O)OC)S(=O)(=O)c2ccc(C)c([N+](=O)[O-])c2)cc1. The minimum absolute atomic E-state index is 0.0664. The van der Waals surface area contributed by atoms with Crippen LogP contribution >= 0.6 is 0 Å². The van der Waals surface area contributed by atoms with Gasteiger partial charge in [-0.2, -0.15) is 0 Å².